The topological polar surface area (TPSA) is 26.0 Å². The molecule has 0 amide bonds. The second-order valence-corrected chi connectivity index (χ2v) is 5.31. The Morgan fingerprint density at radius 2 is 1.94 bits per heavy atom. The van der Waals surface area contributed by atoms with Gasteiger partial charge in [0.25, 0.3) is 0 Å². The van der Waals surface area contributed by atoms with Crippen molar-refractivity contribution in [1.29, 1.82) is 0 Å². The molecule has 1 unspecified atom stereocenters. The highest BCUT2D eigenvalue weighted by Crippen LogP contribution is 2.25. The molecule has 1 rings (SSSR count). The van der Waals surface area contributed by atoms with Crippen molar-refractivity contribution < 1.29 is 4.39 Å². The maximum atomic E-state index is 13.8. The lowest BCUT2D eigenvalue weighted by molar-refractivity contribution is 0.525. The first-order valence-corrected chi connectivity index (χ1v) is 7.15. The predicted molar refractivity (Wildman–Crippen MR) is 74.4 cm³/mol. The Kier molecular flexibility index (Phi) is 6.75. The van der Waals surface area contributed by atoms with Gasteiger partial charge < -0.3 is 5.73 Å². The lowest BCUT2D eigenvalue weighted by Crippen LogP contribution is -2.12. The molecule has 0 aliphatic rings. The van der Waals surface area contributed by atoms with Gasteiger partial charge in [0.1, 0.15) is 5.82 Å². The van der Waals surface area contributed by atoms with Crippen LogP contribution in [0.3, 0.4) is 0 Å². The van der Waals surface area contributed by atoms with Gasteiger partial charge >= 0.3 is 0 Å². The molecule has 1 atom stereocenters. The van der Waals surface area contributed by atoms with E-state index in [-0.39, 0.29) is 11.9 Å². The van der Waals surface area contributed by atoms with Gasteiger partial charge in [0.2, 0.25) is 0 Å². The summed E-state index contributed by atoms with van der Waals surface area (Å²) >= 11 is 3.19. The van der Waals surface area contributed by atoms with E-state index in [2.05, 4.69) is 22.9 Å². The second-order valence-electron chi connectivity index (χ2n) is 4.45. The summed E-state index contributed by atoms with van der Waals surface area (Å²) in [5.74, 6) is -0.214. The van der Waals surface area contributed by atoms with Crippen LogP contribution in [0.15, 0.2) is 22.7 Å². The first kappa shape index (κ1) is 14.7. The molecule has 0 fully saturated rings. The SMILES string of the molecule is CCCCCCCC(N)c1cccc(Br)c1F. The van der Waals surface area contributed by atoms with Crippen molar-refractivity contribution >= 4 is 15.9 Å². The van der Waals surface area contributed by atoms with E-state index in [0.717, 1.165) is 12.8 Å². The maximum Gasteiger partial charge on any atom is 0.142 e. The van der Waals surface area contributed by atoms with Crippen molar-refractivity contribution in [1.82, 2.24) is 0 Å². The van der Waals surface area contributed by atoms with E-state index < -0.39 is 0 Å². The summed E-state index contributed by atoms with van der Waals surface area (Å²) < 4.78 is 14.3. The van der Waals surface area contributed by atoms with Gasteiger partial charge in [-0.1, -0.05) is 51.2 Å². The molecule has 0 radical (unpaired) electrons. The van der Waals surface area contributed by atoms with Crippen molar-refractivity contribution in [2.24, 2.45) is 5.73 Å². The van der Waals surface area contributed by atoms with Crippen LogP contribution in [-0.2, 0) is 0 Å². The van der Waals surface area contributed by atoms with E-state index in [4.69, 9.17) is 5.73 Å². The minimum Gasteiger partial charge on any atom is -0.324 e. The number of benzene rings is 1. The zero-order valence-electron chi connectivity index (χ0n) is 10.4. The van der Waals surface area contributed by atoms with Crippen LogP contribution in [0.5, 0.6) is 0 Å². The molecule has 0 bridgehead atoms. The van der Waals surface area contributed by atoms with Gasteiger partial charge in [0, 0.05) is 11.6 Å². The first-order chi connectivity index (χ1) is 8.16. The zero-order valence-corrected chi connectivity index (χ0v) is 12.0. The number of hydrogen-bond acceptors (Lipinski definition) is 1. The molecule has 0 spiro atoms. The Morgan fingerprint density at radius 1 is 1.24 bits per heavy atom. The standard InChI is InChI=1S/C14H21BrFN/c1-2-3-4-5-6-10-13(17)11-8-7-9-12(15)14(11)16/h7-9,13H,2-6,10,17H2,1H3. The van der Waals surface area contributed by atoms with Gasteiger partial charge in [-0.25, -0.2) is 4.39 Å². The Morgan fingerprint density at radius 3 is 2.65 bits per heavy atom. The van der Waals surface area contributed by atoms with Crippen molar-refractivity contribution in [2.45, 2.75) is 51.5 Å². The minimum atomic E-state index is -0.214. The van der Waals surface area contributed by atoms with E-state index in [1.54, 1.807) is 12.1 Å². The van der Waals surface area contributed by atoms with Gasteiger partial charge in [-0.15, -0.1) is 0 Å². The van der Waals surface area contributed by atoms with Crippen molar-refractivity contribution in [2.75, 3.05) is 0 Å². The van der Waals surface area contributed by atoms with E-state index in [1.807, 2.05) is 6.07 Å². The molecule has 0 saturated heterocycles. The Labute approximate surface area is 112 Å². The minimum absolute atomic E-state index is 0.186. The van der Waals surface area contributed by atoms with E-state index in [0.29, 0.717) is 10.0 Å². The first-order valence-electron chi connectivity index (χ1n) is 6.36. The molecule has 1 nitrogen and oxygen atoms in total. The van der Waals surface area contributed by atoms with Crippen LogP contribution in [0.25, 0.3) is 0 Å². The van der Waals surface area contributed by atoms with Gasteiger partial charge in [0.05, 0.1) is 4.47 Å². The Hall–Kier alpha value is -0.410. The third-order valence-corrected chi connectivity index (χ3v) is 3.61. The highest BCUT2D eigenvalue weighted by Gasteiger charge is 2.12. The third-order valence-electron chi connectivity index (χ3n) is 3.00. The van der Waals surface area contributed by atoms with Crippen LogP contribution in [0.1, 0.15) is 57.1 Å². The number of nitrogens with two attached hydrogens (primary N) is 1. The number of unbranched alkanes of at least 4 members (excludes halogenated alkanes) is 4. The lowest BCUT2D eigenvalue weighted by atomic mass is 10.0. The molecule has 0 aliphatic heterocycles. The van der Waals surface area contributed by atoms with Crippen LogP contribution >= 0.6 is 15.9 Å². The average molecular weight is 302 g/mol. The quantitative estimate of drug-likeness (QED) is 0.709. The average Bonchev–Trinajstić information content (AvgIpc) is 2.32. The van der Waals surface area contributed by atoms with Crippen molar-refractivity contribution in [3.63, 3.8) is 0 Å². The normalized spacial score (nSPS) is 12.7. The number of rotatable bonds is 7. The van der Waals surface area contributed by atoms with Gasteiger partial charge in [-0.05, 0) is 28.4 Å². The molecule has 2 N–H and O–H groups in total. The van der Waals surface area contributed by atoms with Crippen LogP contribution in [0, 0.1) is 5.82 Å². The fourth-order valence-electron chi connectivity index (χ4n) is 1.93. The Bertz CT molecular complexity index is 341. The summed E-state index contributed by atoms with van der Waals surface area (Å²) in [4.78, 5) is 0. The van der Waals surface area contributed by atoms with Crippen LogP contribution in [0.4, 0.5) is 4.39 Å². The van der Waals surface area contributed by atoms with Crippen LogP contribution < -0.4 is 5.73 Å². The summed E-state index contributed by atoms with van der Waals surface area (Å²) in [6.45, 7) is 2.20. The molecule has 0 aliphatic carbocycles. The molecule has 96 valence electrons. The fourth-order valence-corrected chi connectivity index (χ4v) is 2.31. The van der Waals surface area contributed by atoms with E-state index >= 15 is 0 Å². The van der Waals surface area contributed by atoms with Gasteiger partial charge in [-0.3, -0.25) is 0 Å². The largest absolute Gasteiger partial charge is 0.324 e. The third kappa shape index (κ3) is 4.76. The van der Waals surface area contributed by atoms with E-state index in [1.165, 1.54) is 25.7 Å². The van der Waals surface area contributed by atoms with Crippen molar-refractivity contribution in [3.8, 4) is 0 Å². The second kappa shape index (κ2) is 7.83. The van der Waals surface area contributed by atoms with Crippen molar-refractivity contribution in [3.05, 3.63) is 34.1 Å². The van der Waals surface area contributed by atoms with E-state index in [9.17, 15) is 4.39 Å². The lowest BCUT2D eigenvalue weighted by Gasteiger charge is -2.13. The molecule has 0 saturated carbocycles. The summed E-state index contributed by atoms with van der Waals surface area (Å²) in [7, 11) is 0. The summed E-state index contributed by atoms with van der Waals surface area (Å²) in [5, 5.41) is 0. The highest BCUT2D eigenvalue weighted by atomic mass is 79.9. The molecule has 1 aromatic carbocycles. The summed E-state index contributed by atoms with van der Waals surface area (Å²) in [5.41, 5.74) is 6.64. The molecule has 3 heteroatoms. The summed E-state index contributed by atoms with van der Waals surface area (Å²) in [6, 6.07) is 5.12. The molecule has 17 heavy (non-hydrogen) atoms. The van der Waals surface area contributed by atoms with Crippen LogP contribution in [0.2, 0.25) is 0 Å². The van der Waals surface area contributed by atoms with Crippen LogP contribution in [-0.4, -0.2) is 0 Å². The molecular formula is C14H21BrFN. The smallest absolute Gasteiger partial charge is 0.142 e. The summed E-state index contributed by atoms with van der Waals surface area (Å²) in [6.07, 6.45) is 6.90. The van der Waals surface area contributed by atoms with Gasteiger partial charge in [0.15, 0.2) is 0 Å². The monoisotopic (exact) mass is 301 g/mol. The van der Waals surface area contributed by atoms with Gasteiger partial charge in [-0.2, -0.15) is 0 Å². The fraction of sp³-hybridized carbons (Fsp3) is 0.571. The number of halogens is 2. The molecule has 1 aromatic rings. The zero-order chi connectivity index (χ0) is 12.7. The molecule has 0 aromatic heterocycles. The number of hydrogen-bond donors (Lipinski definition) is 1. The predicted octanol–water partition coefficient (Wildman–Crippen LogP) is 4.95. The molecule has 0 heterocycles. The maximum absolute atomic E-state index is 13.8. The highest BCUT2D eigenvalue weighted by molar-refractivity contribution is 9.10. The molecular weight excluding hydrogens is 281 g/mol. The Balaban J connectivity index is 2.41.